The van der Waals surface area contributed by atoms with Crippen LogP contribution in [0.2, 0.25) is 0 Å². The first-order valence-electron chi connectivity index (χ1n) is 8.18. The van der Waals surface area contributed by atoms with Gasteiger partial charge in [0.15, 0.2) is 0 Å². The Morgan fingerprint density at radius 3 is 1.63 bits per heavy atom. The Bertz CT molecular complexity index is 320. The van der Waals surface area contributed by atoms with Crippen LogP contribution in [0.1, 0.15) is 68.2 Å². The van der Waals surface area contributed by atoms with E-state index in [0.29, 0.717) is 0 Å². The Labute approximate surface area is 124 Å². The summed E-state index contributed by atoms with van der Waals surface area (Å²) in [6.07, 6.45) is 6.17. The Kier molecular flexibility index (Phi) is 6.66. The van der Waals surface area contributed by atoms with E-state index in [4.69, 9.17) is 0 Å². The Morgan fingerprint density at radius 1 is 0.789 bits per heavy atom. The lowest BCUT2D eigenvalue weighted by Gasteiger charge is -2.36. The van der Waals surface area contributed by atoms with E-state index in [2.05, 4.69) is 55.4 Å². The summed E-state index contributed by atoms with van der Waals surface area (Å²) in [5.74, 6) is 0. The topological polar surface area (TPSA) is 0 Å². The molecular weight excluding hydrogens is 285 g/mol. The van der Waals surface area contributed by atoms with E-state index in [1.807, 2.05) is 7.56 Å². The number of hydrogen-bond acceptors (Lipinski definition) is 0. The lowest BCUT2D eigenvalue weighted by atomic mass is 10.4. The van der Waals surface area contributed by atoms with Crippen molar-refractivity contribution in [1.82, 2.24) is 0 Å². The molecule has 0 bridgehead atoms. The first-order chi connectivity index (χ1) is 8.69. The molecule has 0 saturated heterocycles. The number of rotatable bonds is 4. The highest BCUT2D eigenvalue weighted by Crippen LogP contribution is 2.87. The first kappa shape index (κ1) is 18.2. The minimum Gasteiger partial charge on any atom is -0.0584 e. The largest absolute Gasteiger partial charge is 0.0821 e. The molecule has 0 saturated carbocycles. The van der Waals surface area contributed by atoms with E-state index in [1.165, 1.54) is 12.8 Å². The van der Waals surface area contributed by atoms with E-state index >= 15 is 0 Å². The van der Waals surface area contributed by atoms with Gasteiger partial charge in [0.1, 0.15) is 0 Å². The SMILES string of the molecule is CC(C)P1(C(C)C)=P[P+](C(C)C)(C(C)C)CCCC1. The minimum absolute atomic E-state index is 0.785. The maximum Gasteiger partial charge on any atom is 0.0821 e. The molecule has 0 aromatic heterocycles. The van der Waals surface area contributed by atoms with Crippen LogP contribution in [0.4, 0.5) is 0 Å². The fraction of sp³-hybridized carbons (Fsp3) is 1.00. The highest BCUT2D eigenvalue weighted by atomic mass is 32.3. The molecule has 0 fully saturated rings. The molecule has 1 aliphatic heterocycles. The van der Waals surface area contributed by atoms with E-state index < -0.39 is 13.5 Å². The highest BCUT2D eigenvalue weighted by Gasteiger charge is 2.48. The van der Waals surface area contributed by atoms with Crippen molar-refractivity contribution in [2.75, 3.05) is 12.3 Å². The zero-order valence-electron chi connectivity index (χ0n) is 14.5. The second kappa shape index (κ2) is 6.95. The van der Waals surface area contributed by atoms with Crippen molar-refractivity contribution in [3.05, 3.63) is 0 Å². The van der Waals surface area contributed by atoms with E-state index in [1.54, 1.807) is 12.3 Å². The van der Waals surface area contributed by atoms with Crippen LogP contribution < -0.4 is 0 Å². The molecule has 0 nitrogen and oxygen atoms in total. The highest BCUT2D eigenvalue weighted by molar-refractivity contribution is 8.46. The van der Waals surface area contributed by atoms with Gasteiger partial charge in [-0.2, -0.15) is 0 Å². The molecule has 0 unspecified atom stereocenters. The zero-order chi connectivity index (χ0) is 14.8. The monoisotopic (exact) mass is 321 g/mol. The molecule has 1 aliphatic rings. The molecule has 19 heavy (non-hydrogen) atoms. The lowest BCUT2D eigenvalue weighted by molar-refractivity contribution is 0.862. The van der Waals surface area contributed by atoms with Crippen molar-refractivity contribution in [3.63, 3.8) is 0 Å². The van der Waals surface area contributed by atoms with Crippen LogP contribution in [-0.2, 0) is 0 Å². The quantitative estimate of drug-likeness (QED) is 0.479. The van der Waals surface area contributed by atoms with Crippen molar-refractivity contribution in [2.24, 2.45) is 0 Å². The van der Waals surface area contributed by atoms with E-state index in [-0.39, 0.29) is 0 Å². The smallest absolute Gasteiger partial charge is 0.0584 e. The van der Waals surface area contributed by atoms with Gasteiger partial charge in [0.2, 0.25) is 0 Å². The van der Waals surface area contributed by atoms with Gasteiger partial charge in [-0.25, -0.2) is 0 Å². The van der Waals surface area contributed by atoms with Crippen LogP contribution in [0.15, 0.2) is 0 Å². The standard InChI is InChI=1S/C16H36P3/c1-13(2)18(14(3)4)11-9-10-12-19(17-18,15(5)6)16(7)8/h13-16H,9-12H2,1-8H3/q+1. The molecule has 3 heteroatoms. The van der Waals surface area contributed by atoms with E-state index in [0.717, 1.165) is 22.6 Å². The summed E-state index contributed by atoms with van der Waals surface area (Å²) in [7, 11) is 1.98. The second-order valence-electron chi connectivity index (χ2n) is 7.39. The van der Waals surface area contributed by atoms with Crippen molar-refractivity contribution in [1.29, 1.82) is 0 Å². The van der Waals surface area contributed by atoms with Crippen LogP contribution >= 0.6 is 21.1 Å². The molecule has 0 spiro atoms. The Hall–Kier alpha value is 1.16. The van der Waals surface area contributed by atoms with Gasteiger partial charge in [0.05, 0.1) is 32.0 Å². The van der Waals surface area contributed by atoms with Crippen molar-refractivity contribution >= 4 is 21.1 Å². The van der Waals surface area contributed by atoms with Crippen LogP contribution in [0.3, 0.4) is 0 Å². The normalized spacial score (nSPS) is 23.8. The first-order valence-corrected chi connectivity index (χ1v) is 14.7. The van der Waals surface area contributed by atoms with Gasteiger partial charge < -0.3 is 0 Å². The average molecular weight is 321 g/mol. The van der Waals surface area contributed by atoms with Gasteiger partial charge in [-0.1, -0.05) is 27.7 Å². The molecule has 0 aromatic rings. The number of hydrogen-bond donors (Lipinski definition) is 0. The predicted octanol–water partition coefficient (Wildman–Crippen LogP) is 7.23. The van der Waals surface area contributed by atoms with Gasteiger partial charge in [-0.15, -0.1) is 0 Å². The van der Waals surface area contributed by atoms with Crippen molar-refractivity contribution in [2.45, 2.75) is 90.9 Å². The molecule has 0 N–H and O–H groups in total. The summed E-state index contributed by atoms with van der Waals surface area (Å²) in [6.45, 7) is 18.7. The van der Waals surface area contributed by atoms with Crippen molar-refractivity contribution < 1.29 is 0 Å². The molecule has 1 rings (SSSR count). The molecule has 0 aliphatic carbocycles. The minimum atomic E-state index is -0.785. The van der Waals surface area contributed by atoms with Gasteiger partial charge in [-0.05, 0) is 64.6 Å². The summed E-state index contributed by atoms with van der Waals surface area (Å²) in [6, 6.07) is 0. The van der Waals surface area contributed by atoms with Gasteiger partial charge in [0.25, 0.3) is 0 Å². The van der Waals surface area contributed by atoms with Crippen LogP contribution in [-0.4, -0.2) is 35.0 Å². The molecule has 0 aromatic carbocycles. The van der Waals surface area contributed by atoms with Gasteiger partial charge in [-0.3, -0.25) is 0 Å². The summed E-state index contributed by atoms with van der Waals surface area (Å²) < 4.78 is 0. The lowest BCUT2D eigenvalue weighted by Crippen LogP contribution is -2.14. The summed E-state index contributed by atoms with van der Waals surface area (Å²) >= 11 is 0. The third kappa shape index (κ3) is 3.50. The summed E-state index contributed by atoms with van der Waals surface area (Å²) in [5.41, 5.74) is 3.74. The van der Waals surface area contributed by atoms with Gasteiger partial charge >= 0.3 is 0 Å². The van der Waals surface area contributed by atoms with Crippen LogP contribution in [0.25, 0.3) is 0 Å². The zero-order valence-corrected chi connectivity index (χ0v) is 17.2. The molecule has 0 atom stereocenters. The Balaban J connectivity index is 3.47. The molecule has 114 valence electrons. The third-order valence-corrected chi connectivity index (χ3v) is 29.8. The molecule has 1 heterocycles. The van der Waals surface area contributed by atoms with Gasteiger partial charge in [0, 0.05) is 0 Å². The average Bonchev–Trinajstić information content (AvgIpc) is 2.49. The van der Waals surface area contributed by atoms with Crippen LogP contribution in [0.5, 0.6) is 0 Å². The van der Waals surface area contributed by atoms with Crippen LogP contribution in [0, 0.1) is 0 Å². The van der Waals surface area contributed by atoms with E-state index in [9.17, 15) is 0 Å². The molecular formula is C16H36P3+. The second-order valence-corrected chi connectivity index (χ2v) is 22.8. The predicted molar refractivity (Wildman–Crippen MR) is 100 cm³/mol. The fourth-order valence-electron chi connectivity index (χ4n) is 3.77. The summed E-state index contributed by atoms with van der Waals surface area (Å²) in [4.78, 5) is 0. The maximum absolute atomic E-state index is 2.53. The van der Waals surface area contributed by atoms with Crippen molar-refractivity contribution in [3.8, 4) is 0 Å². The fourth-order valence-corrected chi connectivity index (χ4v) is 31.7. The Morgan fingerprint density at radius 2 is 1.26 bits per heavy atom. The molecule has 0 radical (unpaired) electrons. The maximum atomic E-state index is 2.53. The molecule has 0 amide bonds. The third-order valence-electron chi connectivity index (χ3n) is 5.19. The summed E-state index contributed by atoms with van der Waals surface area (Å²) in [5, 5.41) is 0.